The SMILES string of the molecule is C[C@@]1(c2ccccc2)NC(=O)N(NC(=O)COc2cccc3ccccc23)C1=O. The molecule has 2 N–H and O–H groups in total. The minimum absolute atomic E-state index is 0.340. The molecule has 3 aromatic rings. The first-order chi connectivity index (χ1) is 14.0. The lowest BCUT2D eigenvalue weighted by Gasteiger charge is -2.22. The van der Waals surface area contributed by atoms with E-state index in [-0.39, 0.29) is 6.61 Å². The Bertz CT molecular complexity index is 1090. The number of hydrogen-bond acceptors (Lipinski definition) is 4. The third-order valence-electron chi connectivity index (χ3n) is 4.89. The number of hydrogen-bond donors (Lipinski definition) is 2. The van der Waals surface area contributed by atoms with E-state index in [0.29, 0.717) is 16.3 Å². The number of benzene rings is 3. The van der Waals surface area contributed by atoms with Gasteiger partial charge in [-0.1, -0.05) is 66.7 Å². The molecule has 0 aromatic heterocycles. The minimum atomic E-state index is -1.25. The number of amides is 4. The average molecular weight is 389 g/mol. The summed E-state index contributed by atoms with van der Waals surface area (Å²) in [6, 6.07) is 21.3. The van der Waals surface area contributed by atoms with Gasteiger partial charge in [-0.05, 0) is 23.9 Å². The van der Waals surface area contributed by atoms with Crippen LogP contribution in [-0.2, 0) is 15.1 Å². The van der Waals surface area contributed by atoms with Crippen LogP contribution in [-0.4, -0.2) is 29.5 Å². The first-order valence-electron chi connectivity index (χ1n) is 9.11. The molecule has 4 rings (SSSR count). The molecular weight excluding hydrogens is 370 g/mol. The molecule has 0 spiro atoms. The molecule has 1 atom stereocenters. The number of urea groups is 1. The molecule has 0 saturated carbocycles. The molecule has 1 fully saturated rings. The summed E-state index contributed by atoms with van der Waals surface area (Å²) in [7, 11) is 0. The second-order valence-corrected chi connectivity index (χ2v) is 6.86. The van der Waals surface area contributed by atoms with Crippen molar-refractivity contribution in [3.05, 3.63) is 78.4 Å². The zero-order valence-corrected chi connectivity index (χ0v) is 15.7. The summed E-state index contributed by atoms with van der Waals surface area (Å²) in [5, 5.41) is 5.18. The highest BCUT2D eigenvalue weighted by Crippen LogP contribution is 2.28. The fourth-order valence-corrected chi connectivity index (χ4v) is 3.33. The molecular formula is C22H19N3O4. The first-order valence-corrected chi connectivity index (χ1v) is 9.11. The number of hydrazine groups is 1. The second kappa shape index (κ2) is 7.27. The van der Waals surface area contributed by atoms with Gasteiger partial charge >= 0.3 is 6.03 Å². The second-order valence-electron chi connectivity index (χ2n) is 6.86. The molecule has 1 heterocycles. The zero-order chi connectivity index (χ0) is 20.4. The van der Waals surface area contributed by atoms with E-state index in [4.69, 9.17) is 4.74 Å². The van der Waals surface area contributed by atoms with Crippen molar-refractivity contribution < 1.29 is 19.1 Å². The molecule has 1 saturated heterocycles. The molecule has 4 amide bonds. The van der Waals surface area contributed by atoms with Crippen molar-refractivity contribution >= 4 is 28.6 Å². The molecule has 7 nitrogen and oxygen atoms in total. The number of rotatable bonds is 5. The average Bonchev–Trinajstić information content (AvgIpc) is 2.97. The lowest BCUT2D eigenvalue weighted by Crippen LogP contribution is -2.49. The summed E-state index contributed by atoms with van der Waals surface area (Å²) in [4.78, 5) is 37.4. The molecule has 3 aromatic carbocycles. The van der Waals surface area contributed by atoms with E-state index in [0.717, 1.165) is 10.8 Å². The fraction of sp³-hybridized carbons (Fsp3) is 0.136. The van der Waals surface area contributed by atoms with Crippen molar-refractivity contribution in [1.82, 2.24) is 15.8 Å². The van der Waals surface area contributed by atoms with Crippen LogP contribution < -0.4 is 15.5 Å². The minimum Gasteiger partial charge on any atom is -0.483 e. The Labute approximate surface area is 167 Å². The third-order valence-corrected chi connectivity index (χ3v) is 4.89. The zero-order valence-electron chi connectivity index (χ0n) is 15.7. The molecule has 1 aliphatic heterocycles. The van der Waals surface area contributed by atoms with Crippen molar-refractivity contribution in [1.29, 1.82) is 0 Å². The van der Waals surface area contributed by atoms with Crippen LogP contribution >= 0.6 is 0 Å². The highest BCUT2D eigenvalue weighted by Gasteiger charge is 2.49. The van der Waals surface area contributed by atoms with Crippen molar-refractivity contribution in [3.8, 4) is 5.75 Å². The Kier molecular flexibility index (Phi) is 4.64. The van der Waals surface area contributed by atoms with Gasteiger partial charge in [0.25, 0.3) is 11.8 Å². The van der Waals surface area contributed by atoms with Gasteiger partial charge in [0.1, 0.15) is 11.3 Å². The van der Waals surface area contributed by atoms with Gasteiger partial charge in [0.05, 0.1) is 0 Å². The predicted molar refractivity (Wildman–Crippen MR) is 107 cm³/mol. The summed E-state index contributed by atoms with van der Waals surface area (Å²) in [6.07, 6.45) is 0. The molecule has 1 aliphatic rings. The van der Waals surface area contributed by atoms with E-state index in [1.165, 1.54) is 0 Å². The van der Waals surface area contributed by atoms with Crippen LogP contribution in [0.3, 0.4) is 0 Å². The molecule has 0 unspecified atom stereocenters. The smallest absolute Gasteiger partial charge is 0.344 e. The van der Waals surface area contributed by atoms with Crippen molar-refractivity contribution in [2.45, 2.75) is 12.5 Å². The summed E-state index contributed by atoms with van der Waals surface area (Å²) in [5.41, 5.74) is 1.71. The van der Waals surface area contributed by atoms with Gasteiger partial charge in [0, 0.05) is 5.39 Å². The highest BCUT2D eigenvalue weighted by molar-refractivity contribution is 6.08. The summed E-state index contributed by atoms with van der Waals surface area (Å²) >= 11 is 0. The largest absolute Gasteiger partial charge is 0.483 e. The fourth-order valence-electron chi connectivity index (χ4n) is 3.33. The van der Waals surface area contributed by atoms with E-state index in [1.807, 2.05) is 42.5 Å². The highest BCUT2D eigenvalue weighted by atomic mass is 16.5. The Morgan fingerprint density at radius 1 is 1.00 bits per heavy atom. The Balaban J connectivity index is 1.44. The van der Waals surface area contributed by atoms with Crippen molar-refractivity contribution in [3.63, 3.8) is 0 Å². The van der Waals surface area contributed by atoms with Crippen LogP contribution in [0.15, 0.2) is 72.8 Å². The van der Waals surface area contributed by atoms with Gasteiger partial charge in [-0.25, -0.2) is 4.79 Å². The van der Waals surface area contributed by atoms with Gasteiger partial charge in [-0.3, -0.25) is 15.0 Å². The molecule has 0 aliphatic carbocycles. The third kappa shape index (κ3) is 3.38. The number of nitrogens with one attached hydrogen (secondary N) is 2. The number of nitrogens with zero attached hydrogens (tertiary/aromatic N) is 1. The summed E-state index contributed by atoms with van der Waals surface area (Å²) in [5.74, 6) is -0.629. The van der Waals surface area contributed by atoms with Crippen molar-refractivity contribution in [2.75, 3.05) is 6.61 Å². The summed E-state index contributed by atoms with van der Waals surface area (Å²) in [6.45, 7) is 1.26. The van der Waals surface area contributed by atoms with Gasteiger partial charge in [-0.2, -0.15) is 5.01 Å². The van der Waals surface area contributed by atoms with E-state index < -0.39 is 23.4 Å². The predicted octanol–water partition coefficient (Wildman–Crippen LogP) is 2.72. The number of ether oxygens (including phenoxy) is 1. The van der Waals surface area contributed by atoms with Crippen LogP contribution in [0.1, 0.15) is 12.5 Å². The lowest BCUT2D eigenvalue weighted by atomic mass is 9.92. The van der Waals surface area contributed by atoms with Gasteiger partial charge in [0.2, 0.25) is 0 Å². The maximum absolute atomic E-state index is 12.8. The van der Waals surface area contributed by atoms with E-state index >= 15 is 0 Å². The van der Waals surface area contributed by atoms with Gasteiger partial charge in [0.15, 0.2) is 6.61 Å². The topological polar surface area (TPSA) is 87.7 Å². The monoisotopic (exact) mass is 389 g/mol. The van der Waals surface area contributed by atoms with E-state index in [2.05, 4.69) is 10.7 Å². The van der Waals surface area contributed by atoms with E-state index in [1.54, 1.807) is 37.3 Å². The number of fused-ring (bicyclic) bond motifs is 1. The number of carbonyl (C=O) groups excluding carboxylic acids is 3. The molecule has 0 radical (unpaired) electrons. The van der Waals surface area contributed by atoms with Crippen molar-refractivity contribution in [2.24, 2.45) is 0 Å². The normalized spacial score (nSPS) is 18.6. The van der Waals surface area contributed by atoms with Gasteiger partial charge in [-0.15, -0.1) is 0 Å². The standard InChI is InChI=1S/C22H19N3O4/c1-22(16-10-3-2-4-11-16)20(27)25(21(28)23-22)24-19(26)14-29-18-13-7-9-15-8-5-6-12-17(15)18/h2-13H,14H2,1H3,(H,23,28)(H,24,26)/t22-/m0/s1. The Morgan fingerprint density at radius 3 is 2.48 bits per heavy atom. The van der Waals surface area contributed by atoms with Crippen LogP contribution in [0, 0.1) is 0 Å². The quantitative estimate of drug-likeness (QED) is 0.657. The van der Waals surface area contributed by atoms with Crippen LogP contribution in [0.25, 0.3) is 10.8 Å². The molecule has 29 heavy (non-hydrogen) atoms. The van der Waals surface area contributed by atoms with E-state index in [9.17, 15) is 14.4 Å². The molecule has 0 bridgehead atoms. The van der Waals surface area contributed by atoms with Crippen LogP contribution in [0.4, 0.5) is 4.79 Å². The van der Waals surface area contributed by atoms with Gasteiger partial charge < -0.3 is 10.1 Å². The molecule has 7 heteroatoms. The maximum atomic E-state index is 12.8. The number of carbonyl (C=O) groups is 3. The van der Waals surface area contributed by atoms with Crippen LogP contribution in [0.5, 0.6) is 5.75 Å². The Hall–Kier alpha value is -3.87. The number of imide groups is 1. The first kappa shape index (κ1) is 18.5. The lowest BCUT2D eigenvalue weighted by molar-refractivity contribution is -0.139. The molecule has 146 valence electrons. The summed E-state index contributed by atoms with van der Waals surface area (Å²) < 4.78 is 5.62. The maximum Gasteiger partial charge on any atom is 0.344 e. The van der Waals surface area contributed by atoms with Crippen LogP contribution in [0.2, 0.25) is 0 Å². The Morgan fingerprint density at radius 2 is 1.69 bits per heavy atom.